The van der Waals surface area contributed by atoms with Crippen LogP contribution in [0.5, 0.6) is 0 Å². The van der Waals surface area contributed by atoms with E-state index in [1.807, 2.05) is 4.90 Å². The van der Waals surface area contributed by atoms with Crippen molar-refractivity contribution in [2.75, 3.05) is 33.2 Å². The number of rotatable bonds is 5. The van der Waals surface area contributed by atoms with Gasteiger partial charge in [0.05, 0.1) is 5.92 Å². The largest absolute Gasteiger partial charge is 0.481 e. The highest BCUT2D eigenvalue weighted by Gasteiger charge is 2.23. The number of nitrogens with zero attached hydrogens (tertiary/aromatic N) is 2. The summed E-state index contributed by atoms with van der Waals surface area (Å²) in [6.45, 7) is 6.98. The zero-order chi connectivity index (χ0) is 15.1. The fourth-order valence-electron chi connectivity index (χ4n) is 2.50. The van der Waals surface area contributed by atoms with Gasteiger partial charge in [-0.1, -0.05) is 6.92 Å². The van der Waals surface area contributed by atoms with Gasteiger partial charge in [0.1, 0.15) is 0 Å². The molecule has 0 aromatic rings. The van der Waals surface area contributed by atoms with E-state index < -0.39 is 5.97 Å². The van der Waals surface area contributed by atoms with Crippen LogP contribution in [0.15, 0.2) is 0 Å². The van der Waals surface area contributed by atoms with Crippen molar-refractivity contribution in [3.63, 3.8) is 0 Å². The average Bonchev–Trinajstić information content (AvgIpc) is 2.54. The van der Waals surface area contributed by atoms with E-state index in [9.17, 15) is 9.59 Å². The number of carboxylic acid groups (broad SMARTS) is 1. The van der Waals surface area contributed by atoms with E-state index in [1.165, 1.54) is 0 Å². The van der Waals surface area contributed by atoms with Crippen LogP contribution < -0.4 is 5.32 Å². The number of likely N-dealkylation sites (N-methyl/N-ethyl adjacent to an activating group) is 1. The Bertz CT molecular complexity index is 336. The van der Waals surface area contributed by atoms with E-state index in [0.29, 0.717) is 19.4 Å². The molecule has 1 heterocycles. The third-order valence-electron chi connectivity index (χ3n) is 3.82. The van der Waals surface area contributed by atoms with E-state index >= 15 is 0 Å². The Hall–Kier alpha value is -1.30. The van der Waals surface area contributed by atoms with E-state index in [0.717, 1.165) is 26.1 Å². The summed E-state index contributed by atoms with van der Waals surface area (Å²) in [7, 11) is 2.07. The van der Waals surface area contributed by atoms with Gasteiger partial charge in [-0.3, -0.25) is 4.79 Å². The highest BCUT2D eigenvalue weighted by molar-refractivity contribution is 5.74. The second kappa shape index (κ2) is 8.09. The topological polar surface area (TPSA) is 72.9 Å². The van der Waals surface area contributed by atoms with Crippen LogP contribution >= 0.6 is 0 Å². The Balaban J connectivity index is 2.29. The predicted octanol–water partition coefficient (Wildman–Crippen LogP) is 1.22. The molecule has 0 saturated carbocycles. The Labute approximate surface area is 121 Å². The standard InChI is InChI=1S/C14H27N3O3/c1-11(13(18)19)6-4-7-15-14(20)17-9-5-8-16(3)10-12(17)2/h11-12H,4-10H2,1-3H3,(H,15,20)(H,18,19). The number of hydrogen-bond acceptors (Lipinski definition) is 3. The molecule has 2 atom stereocenters. The van der Waals surface area contributed by atoms with Gasteiger partial charge >= 0.3 is 12.0 Å². The zero-order valence-electron chi connectivity index (χ0n) is 12.8. The number of urea groups is 1. The summed E-state index contributed by atoms with van der Waals surface area (Å²) in [6, 6.07) is 0.177. The van der Waals surface area contributed by atoms with Gasteiger partial charge in [-0.2, -0.15) is 0 Å². The third-order valence-corrected chi connectivity index (χ3v) is 3.82. The maximum atomic E-state index is 12.1. The van der Waals surface area contributed by atoms with Gasteiger partial charge in [0.25, 0.3) is 0 Å². The van der Waals surface area contributed by atoms with Crippen LogP contribution in [-0.2, 0) is 4.79 Å². The fraction of sp³-hybridized carbons (Fsp3) is 0.857. The smallest absolute Gasteiger partial charge is 0.317 e. The van der Waals surface area contributed by atoms with E-state index in [4.69, 9.17) is 5.11 Å². The number of amides is 2. The molecule has 0 bridgehead atoms. The molecule has 6 nitrogen and oxygen atoms in total. The summed E-state index contributed by atoms with van der Waals surface area (Å²) < 4.78 is 0. The molecule has 1 fully saturated rings. The van der Waals surface area contributed by atoms with Gasteiger partial charge in [-0.05, 0) is 39.8 Å². The van der Waals surface area contributed by atoms with Gasteiger partial charge in [-0.15, -0.1) is 0 Å². The molecule has 1 aliphatic rings. The average molecular weight is 285 g/mol. The number of carbonyl (C=O) groups is 2. The van der Waals surface area contributed by atoms with Crippen molar-refractivity contribution in [2.45, 2.75) is 39.2 Å². The van der Waals surface area contributed by atoms with Crippen molar-refractivity contribution in [1.82, 2.24) is 15.1 Å². The lowest BCUT2D eigenvalue weighted by Crippen LogP contribution is -2.47. The molecule has 1 aliphatic heterocycles. The van der Waals surface area contributed by atoms with E-state index in [2.05, 4.69) is 24.2 Å². The van der Waals surface area contributed by atoms with Gasteiger partial charge in [0, 0.05) is 25.7 Å². The summed E-state index contributed by atoms with van der Waals surface area (Å²) in [4.78, 5) is 26.9. The molecule has 0 spiro atoms. The van der Waals surface area contributed by atoms with Crippen LogP contribution in [0.2, 0.25) is 0 Å². The molecule has 116 valence electrons. The Morgan fingerprint density at radius 3 is 2.75 bits per heavy atom. The van der Waals surface area contributed by atoms with E-state index in [-0.39, 0.29) is 18.0 Å². The molecule has 0 aromatic heterocycles. The van der Waals surface area contributed by atoms with Crippen molar-refractivity contribution < 1.29 is 14.7 Å². The lowest BCUT2D eigenvalue weighted by molar-refractivity contribution is -0.141. The quantitative estimate of drug-likeness (QED) is 0.745. The van der Waals surface area contributed by atoms with Crippen LogP contribution in [0.3, 0.4) is 0 Å². The van der Waals surface area contributed by atoms with Gasteiger partial charge in [-0.25, -0.2) is 4.79 Å². The first-order chi connectivity index (χ1) is 9.41. The van der Waals surface area contributed by atoms with Crippen molar-refractivity contribution in [3.8, 4) is 0 Å². The molecule has 1 saturated heterocycles. The first-order valence-corrected chi connectivity index (χ1v) is 7.37. The maximum absolute atomic E-state index is 12.1. The molecule has 2 N–H and O–H groups in total. The van der Waals surface area contributed by atoms with E-state index in [1.54, 1.807) is 6.92 Å². The fourth-order valence-corrected chi connectivity index (χ4v) is 2.50. The van der Waals surface area contributed by atoms with Crippen LogP contribution in [0.4, 0.5) is 4.79 Å². The first kappa shape index (κ1) is 16.8. The number of carboxylic acids is 1. The molecule has 0 aliphatic carbocycles. The van der Waals surface area contributed by atoms with Crippen LogP contribution in [0.1, 0.15) is 33.1 Å². The lowest BCUT2D eigenvalue weighted by atomic mass is 10.1. The molecule has 2 amide bonds. The normalized spacial score (nSPS) is 22.1. The summed E-state index contributed by atoms with van der Waals surface area (Å²) in [6.07, 6.45) is 2.28. The maximum Gasteiger partial charge on any atom is 0.317 e. The zero-order valence-corrected chi connectivity index (χ0v) is 12.8. The molecular formula is C14H27N3O3. The SMILES string of the molecule is CC(CCCNC(=O)N1CCCN(C)CC1C)C(=O)O. The van der Waals surface area contributed by atoms with Crippen molar-refractivity contribution in [2.24, 2.45) is 5.92 Å². The summed E-state index contributed by atoms with van der Waals surface area (Å²) in [5, 5.41) is 11.7. The highest BCUT2D eigenvalue weighted by atomic mass is 16.4. The number of nitrogens with one attached hydrogen (secondary N) is 1. The lowest BCUT2D eigenvalue weighted by Gasteiger charge is -2.28. The molecule has 0 aromatic carbocycles. The van der Waals surface area contributed by atoms with Crippen LogP contribution in [0, 0.1) is 5.92 Å². The van der Waals surface area contributed by atoms with Crippen molar-refractivity contribution >= 4 is 12.0 Å². The summed E-state index contributed by atoms with van der Waals surface area (Å²) in [5.41, 5.74) is 0. The highest BCUT2D eigenvalue weighted by Crippen LogP contribution is 2.09. The van der Waals surface area contributed by atoms with Crippen LogP contribution in [0.25, 0.3) is 0 Å². The molecule has 20 heavy (non-hydrogen) atoms. The Morgan fingerprint density at radius 1 is 1.40 bits per heavy atom. The van der Waals surface area contributed by atoms with Gasteiger partial charge in [0.2, 0.25) is 0 Å². The second-order valence-electron chi connectivity index (χ2n) is 5.77. The first-order valence-electron chi connectivity index (χ1n) is 7.37. The monoisotopic (exact) mass is 285 g/mol. The van der Waals surface area contributed by atoms with Crippen LogP contribution in [-0.4, -0.2) is 66.2 Å². The van der Waals surface area contributed by atoms with Crippen molar-refractivity contribution in [3.05, 3.63) is 0 Å². The third kappa shape index (κ3) is 5.36. The summed E-state index contributed by atoms with van der Waals surface area (Å²) >= 11 is 0. The minimum atomic E-state index is -0.777. The number of hydrogen-bond donors (Lipinski definition) is 2. The number of aliphatic carboxylic acids is 1. The minimum absolute atomic E-state index is 0.0317. The Kier molecular flexibility index (Phi) is 6.78. The molecular weight excluding hydrogens is 258 g/mol. The second-order valence-corrected chi connectivity index (χ2v) is 5.77. The molecule has 6 heteroatoms. The Morgan fingerprint density at radius 2 is 2.10 bits per heavy atom. The molecule has 1 rings (SSSR count). The van der Waals surface area contributed by atoms with Gasteiger partial charge in [0.15, 0.2) is 0 Å². The minimum Gasteiger partial charge on any atom is -0.481 e. The summed E-state index contributed by atoms with van der Waals surface area (Å²) in [5.74, 6) is -1.13. The number of carbonyl (C=O) groups excluding carboxylic acids is 1. The molecule has 0 radical (unpaired) electrons. The predicted molar refractivity (Wildman–Crippen MR) is 77.7 cm³/mol. The molecule has 2 unspecified atom stereocenters. The van der Waals surface area contributed by atoms with Crippen molar-refractivity contribution in [1.29, 1.82) is 0 Å². The van der Waals surface area contributed by atoms with Gasteiger partial charge < -0.3 is 20.2 Å².